The third-order valence-electron chi connectivity index (χ3n) is 4.06. The van der Waals surface area contributed by atoms with Crippen molar-refractivity contribution >= 4 is 5.96 Å². The number of hydrogen-bond donors (Lipinski definition) is 2. The summed E-state index contributed by atoms with van der Waals surface area (Å²) < 4.78 is 24.5. The Balaban J connectivity index is 1.96. The van der Waals surface area contributed by atoms with Gasteiger partial charge in [-0.3, -0.25) is 4.99 Å². The van der Waals surface area contributed by atoms with Crippen LogP contribution in [-0.4, -0.2) is 26.7 Å². The number of aliphatic imine (C=N–C) groups is 1. The number of benzene rings is 2. The summed E-state index contributed by atoms with van der Waals surface area (Å²) in [7, 11) is 3.27. The molecule has 0 heterocycles. The maximum Gasteiger partial charge on any atom is 0.191 e. The van der Waals surface area contributed by atoms with Crippen LogP contribution < -0.4 is 15.4 Å². The van der Waals surface area contributed by atoms with Crippen molar-refractivity contribution in [3.8, 4) is 5.75 Å². The zero-order chi connectivity index (χ0) is 19.6. The molecule has 2 aromatic rings. The van der Waals surface area contributed by atoms with Crippen molar-refractivity contribution in [1.29, 1.82) is 0 Å². The Morgan fingerprint density at radius 3 is 2.56 bits per heavy atom. The summed E-state index contributed by atoms with van der Waals surface area (Å²) in [6, 6.07) is 11.2. The first-order valence-electron chi connectivity index (χ1n) is 9.00. The number of ether oxygens (including phenoxy) is 2. The van der Waals surface area contributed by atoms with Crippen LogP contribution >= 0.6 is 0 Å². The molecule has 0 aliphatic heterocycles. The van der Waals surface area contributed by atoms with E-state index in [-0.39, 0.29) is 12.4 Å². The van der Waals surface area contributed by atoms with Crippen LogP contribution in [0.3, 0.4) is 0 Å². The van der Waals surface area contributed by atoms with Crippen LogP contribution in [0.15, 0.2) is 41.4 Å². The first kappa shape index (κ1) is 20.7. The van der Waals surface area contributed by atoms with Gasteiger partial charge in [-0.2, -0.15) is 0 Å². The normalized spacial score (nSPS) is 11.4. The van der Waals surface area contributed by atoms with Gasteiger partial charge in [0.15, 0.2) is 5.96 Å². The summed E-state index contributed by atoms with van der Waals surface area (Å²) >= 11 is 0. The van der Waals surface area contributed by atoms with Crippen molar-refractivity contribution in [1.82, 2.24) is 10.6 Å². The Morgan fingerprint density at radius 2 is 1.85 bits per heavy atom. The zero-order valence-corrected chi connectivity index (χ0v) is 16.4. The van der Waals surface area contributed by atoms with Gasteiger partial charge in [0, 0.05) is 38.4 Å². The number of nitrogens with zero attached hydrogens (tertiary/aromatic N) is 1. The second-order valence-corrected chi connectivity index (χ2v) is 6.18. The van der Waals surface area contributed by atoms with Crippen LogP contribution in [0.5, 0.6) is 5.75 Å². The van der Waals surface area contributed by atoms with Gasteiger partial charge in [0.1, 0.15) is 11.6 Å². The lowest BCUT2D eigenvalue weighted by Crippen LogP contribution is -2.36. The zero-order valence-electron chi connectivity index (χ0n) is 16.4. The maximum atomic E-state index is 13.7. The summed E-state index contributed by atoms with van der Waals surface area (Å²) in [6.45, 7) is 6.01. The van der Waals surface area contributed by atoms with E-state index in [2.05, 4.69) is 27.8 Å². The molecule has 0 unspecified atom stereocenters. The van der Waals surface area contributed by atoms with Crippen molar-refractivity contribution in [2.24, 2.45) is 4.99 Å². The highest BCUT2D eigenvalue weighted by atomic mass is 19.1. The highest BCUT2D eigenvalue weighted by Gasteiger charge is 2.07. The fourth-order valence-electron chi connectivity index (χ4n) is 2.69. The molecule has 27 heavy (non-hydrogen) atoms. The molecule has 0 aliphatic carbocycles. The van der Waals surface area contributed by atoms with Gasteiger partial charge < -0.3 is 20.1 Å². The number of rotatable bonds is 8. The largest absolute Gasteiger partial charge is 0.494 e. The molecule has 2 N–H and O–H groups in total. The SMILES string of the molecule is CCOc1cc(C)ccc1CNC(=NC)NCc1ccc(F)c(COC)c1. The molecule has 0 amide bonds. The summed E-state index contributed by atoms with van der Waals surface area (Å²) in [5, 5.41) is 6.53. The standard InChI is InChI=1S/C21H28FN3O2/c1-5-27-20-10-15(2)6-8-17(20)13-25-21(23-3)24-12-16-7-9-19(22)18(11-16)14-26-4/h6-11H,5,12-14H2,1-4H3,(H2,23,24,25). The molecule has 0 bridgehead atoms. The third-order valence-corrected chi connectivity index (χ3v) is 4.06. The van der Waals surface area contributed by atoms with Crippen LogP contribution in [0.4, 0.5) is 4.39 Å². The van der Waals surface area contributed by atoms with Gasteiger partial charge in [-0.1, -0.05) is 18.2 Å². The summed E-state index contributed by atoms with van der Waals surface area (Å²) in [6.07, 6.45) is 0. The molecule has 0 radical (unpaired) electrons. The first-order chi connectivity index (χ1) is 13.1. The molecule has 0 fully saturated rings. The molecule has 0 aliphatic rings. The Hall–Kier alpha value is -2.60. The highest BCUT2D eigenvalue weighted by molar-refractivity contribution is 5.79. The van der Waals surface area contributed by atoms with E-state index in [1.165, 1.54) is 6.07 Å². The number of nitrogens with one attached hydrogen (secondary N) is 2. The van der Waals surface area contributed by atoms with Gasteiger partial charge in [-0.05, 0) is 43.2 Å². The number of hydrogen-bond acceptors (Lipinski definition) is 3. The second kappa shape index (κ2) is 10.5. The van der Waals surface area contributed by atoms with E-state index in [9.17, 15) is 4.39 Å². The predicted octanol–water partition coefficient (Wildman–Crippen LogP) is 3.54. The monoisotopic (exact) mass is 373 g/mol. The van der Waals surface area contributed by atoms with Crippen LogP contribution in [-0.2, 0) is 24.4 Å². The van der Waals surface area contributed by atoms with E-state index < -0.39 is 0 Å². The molecular formula is C21H28FN3O2. The Bertz CT molecular complexity index is 778. The molecule has 0 atom stereocenters. The van der Waals surface area contributed by atoms with E-state index in [0.717, 1.165) is 22.4 Å². The van der Waals surface area contributed by atoms with Crippen molar-refractivity contribution in [3.05, 3.63) is 64.5 Å². The van der Waals surface area contributed by atoms with E-state index >= 15 is 0 Å². The van der Waals surface area contributed by atoms with Crippen molar-refractivity contribution in [3.63, 3.8) is 0 Å². The smallest absolute Gasteiger partial charge is 0.191 e. The molecule has 0 aromatic heterocycles. The predicted molar refractivity (Wildman–Crippen MR) is 106 cm³/mol. The number of aryl methyl sites for hydroxylation is 1. The van der Waals surface area contributed by atoms with Crippen LogP contribution in [0, 0.1) is 12.7 Å². The molecule has 2 aromatic carbocycles. The van der Waals surface area contributed by atoms with Crippen molar-refractivity contribution < 1.29 is 13.9 Å². The average Bonchev–Trinajstić information content (AvgIpc) is 2.66. The Kier molecular flexibility index (Phi) is 8.07. The van der Waals surface area contributed by atoms with Gasteiger partial charge in [0.2, 0.25) is 0 Å². The quantitative estimate of drug-likeness (QED) is 0.549. The van der Waals surface area contributed by atoms with Crippen LogP contribution in [0.2, 0.25) is 0 Å². The fourth-order valence-corrected chi connectivity index (χ4v) is 2.69. The molecule has 5 nitrogen and oxygen atoms in total. The molecular weight excluding hydrogens is 345 g/mol. The van der Waals surface area contributed by atoms with Gasteiger partial charge in [0.25, 0.3) is 0 Å². The van der Waals surface area contributed by atoms with Crippen molar-refractivity contribution in [2.75, 3.05) is 20.8 Å². The van der Waals surface area contributed by atoms with Crippen LogP contribution in [0.1, 0.15) is 29.2 Å². The van der Waals surface area contributed by atoms with Gasteiger partial charge in [-0.15, -0.1) is 0 Å². The minimum atomic E-state index is -0.258. The molecule has 2 rings (SSSR count). The lowest BCUT2D eigenvalue weighted by Gasteiger charge is -2.15. The highest BCUT2D eigenvalue weighted by Crippen LogP contribution is 2.20. The average molecular weight is 373 g/mol. The van der Waals surface area contributed by atoms with E-state index in [1.54, 1.807) is 26.3 Å². The lowest BCUT2D eigenvalue weighted by atomic mass is 10.1. The fraction of sp³-hybridized carbons (Fsp3) is 0.381. The molecule has 0 saturated heterocycles. The molecule has 6 heteroatoms. The lowest BCUT2D eigenvalue weighted by molar-refractivity contribution is 0.181. The minimum absolute atomic E-state index is 0.250. The summed E-state index contributed by atoms with van der Waals surface area (Å²) in [5.74, 6) is 1.28. The summed E-state index contributed by atoms with van der Waals surface area (Å²) in [4.78, 5) is 4.24. The van der Waals surface area contributed by atoms with Gasteiger partial charge in [0.05, 0.1) is 13.2 Å². The number of guanidine groups is 1. The topological polar surface area (TPSA) is 54.9 Å². The van der Waals surface area contributed by atoms with Crippen LogP contribution in [0.25, 0.3) is 0 Å². The van der Waals surface area contributed by atoms with E-state index in [4.69, 9.17) is 9.47 Å². The number of halogens is 1. The van der Waals surface area contributed by atoms with E-state index in [0.29, 0.717) is 31.2 Å². The first-order valence-corrected chi connectivity index (χ1v) is 9.00. The Labute approximate surface area is 160 Å². The summed E-state index contributed by atoms with van der Waals surface area (Å²) in [5.41, 5.74) is 3.72. The Morgan fingerprint density at radius 1 is 1.07 bits per heavy atom. The second-order valence-electron chi connectivity index (χ2n) is 6.18. The molecule has 0 spiro atoms. The maximum absolute atomic E-state index is 13.7. The third kappa shape index (κ3) is 6.25. The minimum Gasteiger partial charge on any atom is -0.494 e. The number of methoxy groups -OCH3 is 1. The molecule has 146 valence electrons. The van der Waals surface area contributed by atoms with Gasteiger partial charge >= 0.3 is 0 Å². The van der Waals surface area contributed by atoms with Crippen molar-refractivity contribution in [2.45, 2.75) is 33.5 Å². The molecule has 0 saturated carbocycles. The van der Waals surface area contributed by atoms with E-state index in [1.807, 2.05) is 19.9 Å². The van der Waals surface area contributed by atoms with Gasteiger partial charge in [-0.25, -0.2) is 4.39 Å².